The maximum absolute atomic E-state index is 11.8. The van der Waals surface area contributed by atoms with Crippen molar-refractivity contribution >= 4 is 17.9 Å². The number of carbonyl (C=O) groups excluding carboxylic acids is 1. The smallest absolute Gasteiger partial charge is 0.241 e. The minimum atomic E-state index is -0.0167. The molecule has 1 aromatic rings. The maximum Gasteiger partial charge on any atom is 0.241 e. The number of hydrogen-bond acceptors (Lipinski definition) is 3. The summed E-state index contributed by atoms with van der Waals surface area (Å²) < 4.78 is 0. The molecule has 0 unspecified atom stereocenters. The van der Waals surface area contributed by atoms with Crippen molar-refractivity contribution in [3.63, 3.8) is 0 Å². The third-order valence-electron chi connectivity index (χ3n) is 4.42. The zero-order valence-electron chi connectivity index (χ0n) is 16.7. The highest BCUT2D eigenvalue weighted by atomic mass is 16.1. The molecule has 2 rings (SSSR count). The van der Waals surface area contributed by atoms with Crippen LogP contribution >= 0.6 is 0 Å². The number of aliphatic imine (C=N–C) groups is 1. The van der Waals surface area contributed by atoms with E-state index in [9.17, 15) is 4.79 Å². The lowest BCUT2D eigenvalue weighted by Gasteiger charge is -2.36. The Kier molecular flexibility index (Phi) is 9.41. The highest BCUT2D eigenvalue weighted by Crippen LogP contribution is 2.05. The summed E-state index contributed by atoms with van der Waals surface area (Å²) in [5.74, 6) is 0.820. The van der Waals surface area contributed by atoms with Gasteiger partial charge in [0, 0.05) is 45.8 Å². The number of amides is 1. The molecule has 6 heteroatoms. The normalized spacial score (nSPS) is 15.9. The van der Waals surface area contributed by atoms with Gasteiger partial charge in [0.1, 0.15) is 6.54 Å². The Morgan fingerprint density at radius 1 is 1.11 bits per heavy atom. The molecule has 1 saturated heterocycles. The lowest BCUT2D eigenvalue weighted by atomic mass is 10.2. The highest BCUT2D eigenvalue weighted by molar-refractivity contribution is 5.85. The Morgan fingerprint density at radius 3 is 2.52 bits per heavy atom. The van der Waals surface area contributed by atoms with Crippen molar-refractivity contribution in [1.82, 2.24) is 20.4 Å². The van der Waals surface area contributed by atoms with Crippen molar-refractivity contribution in [3.05, 3.63) is 42.0 Å². The Hall–Kier alpha value is -2.34. The van der Waals surface area contributed by atoms with E-state index in [1.54, 1.807) is 0 Å². The van der Waals surface area contributed by atoms with Crippen LogP contribution in [0.25, 0.3) is 6.08 Å². The fourth-order valence-corrected chi connectivity index (χ4v) is 2.94. The van der Waals surface area contributed by atoms with E-state index >= 15 is 0 Å². The number of carbonyl (C=O) groups is 1. The number of piperazine rings is 1. The average molecular weight is 372 g/mol. The van der Waals surface area contributed by atoms with Crippen molar-refractivity contribution in [2.24, 2.45) is 4.99 Å². The Bertz CT molecular complexity index is 606. The second kappa shape index (κ2) is 12.1. The van der Waals surface area contributed by atoms with Crippen LogP contribution in [0.3, 0.4) is 0 Å². The van der Waals surface area contributed by atoms with Gasteiger partial charge in [0.2, 0.25) is 5.91 Å². The molecule has 1 heterocycles. The van der Waals surface area contributed by atoms with Crippen LogP contribution in [0.1, 0.15) is 25.8 Å². The number of nitrogens with zero attached hydrogens (tertiary/aromatic N) is 3. The van der Waals surface area contributed by atoms with E-state index in [2.05, 4.69) is 68.8 Å². The topological polar surface area (TPSA) is 60.0 Å². The van der Waals surface area contributed by atoms with Crippen molar-refractivity contribution in [1.29, 1.82) is 0 Å². The van der Waals surface area contributed by atoms with Crippen LogP contribution < -0.4 is 10.6 Å². The van der Waals surface area contributed by atoms with Crippen LogP contribution in [0.5, 0.6) is 0 Å². The van der Waals surface area contributed by atoms with Gasteiger partial charge in [-0.3, -0.25) is 9.69 Å². The quantitative estimate of drug-likeness (QED) is 0.540. The van der Waals surface area contributed by atoms with E-state index in [0.29, 0.717) is 6.54 Å². The van der Waals surface area contributed by atoms with Crippen LogP contribution in [0, 0.1) is 0 Å². The molecule has 1 aromatic carbocycles. The number of hydrogen-bond donors (Lipinski definition) is 2. The summed E-state index contributed by atoms with van der Waals surface area (Å²) in [6.45, 7) is 10.6. The number of rotatable bonds is 8. The summed E-state index contributed by atoms with van der Waals surface area (Å²) in [5, 5.41) is 6.17. The molecule has 0 aromatic heterocycles. The van der Waals surface area contributed by atoms with E-state index in [1.165, 1.54) is 5.56 Å². The van der Waals surface area contributed by atoms with E-state index in [4.69, 9.17) is 0 Å². The predicted molar refractivity (Wildman–Crippen MR) is 113 cm³/mol. The van der Waals surface area contributed by atoms with E-state index in [0.717, 1.165) is 51.6 Å². The monoisotopic (exact) mass is 371 g/mol. The zero-order chi connectivity index (χ0) is 19.3. The van der Waals surface area contributed by atoms with Gasteiger partial charge in [-0.05, 0) is 18.9 Å². The SMILES string of the molecule is CCCNC(=O)CN=C(NCC)N1CCN(C/C=C/c2ccccc2)CC1. The highest BCUT2D eigenvalue weighted by Gasteiger charge is 2.18. The molecule has 1 aliphatic rings. The third kappa shape index (κ3) is 7.83. The van der Waals surface area contributed by atoms with Gasteiger partial charge in [-0.25, -0.2) is 4.99 Å². The molecule has 2 N–H and O–H groups in total. The van der Waals surface area contributed by atoms with Crippen molar-refractivity contribution < 1.29 is 4.79 Å². The lowest BCUT2D eigenvalue weighted by Crippen LogP contribution is -2.52. The first-order valence-corrected chi connectivity index (χ1v) is 9.96. The van der Waals surface area contributed by atoms with E-state index in [-0.39, 0.29) is 12.5 Å². The molecule has 0 bridgehead atoms. The minimum Gasteiger partial charge on any atom is -0.357 e. The summed E-state index contributed by atoms with van der Waals surface area (Å²) in [6.07, 6.45) is 5.34. The van der Waals surface area contributed by atoms with Crippen LogP contribution in [-0.2, 0) is 4.79 Å². The molecule has 1 aliphatic heterocycles. The largest absolute Gasteiger partial charge is 0.357 e. The van der Waals surface area contributed by atoms with Crippen molar-refractivity contribution in [2.75, 3.05) is 52.4 Å². The van der Waals surface area contributed by atoms with Crippen LogP contribution in [0.15, 0.2) is 41.4 Å². The van der Waals surface area contributed by atoms with Gasteiger partial charge in [-0.1, -0.05) is 49.4 Å². The van der Waals surface area contributed by atoms with Gasteiger partial charge in [0.05, 0.1) is 0 Å². The van der Waals surface area contributed by atoms with Crippen LogP contribution in [0.2, 0.25) is 0 Å². The molecular formula is C21H33N5O. The lowest BCUT2D eigenvalue weighted by molar-refractivity contribution is -0.119. The molecule has 0 spiro atoms. The summed E-state index contributed by atoms with van der Waals surface area (Å²) in [7, 11) is 0. The zero-order valence-corrected chi connectivity index (χ0v) is 16.7. The first-order chi connectivity index (χ1) is 13.2. The van der Waals surface area contributed by atoms with E-state index < -0.39 is 0 Å². The molecular weight excluding hydrogens is 338 g/mol. The second-order valence-electron chi connectivity index (χ2n) is 6.62. The standard InChI is InChI=1S/C21H33N5O/c1-3-12-23-20(27)18-24-21(22-4-2)26-16-14-25(15-17-26)13-8-11-19-9-6-5-7-10-19/h5-11H,3-4,12-18H2,1-2H3,(H,22,24)(H,23,27)/b11-8+. The predicted octanol–water partition coefficient (Wildman–Crippen LogP) is 1.81. The van der Waals surface area contributed by atoms with Gasteiger partial charge >= 0.3 is 0 Å². The molecule has 0 atom stereocenters. The van der Waals surface area contributed by atoms with Crippen molar-refractivity contribution in [2.45, 2.75) is 20.3 Å². The first kappa shape index (κ1) is 21.0. The number of guanidine groups is 1. The third-order valence-corrected chi connectivity index (χ3v) is 4.42. The van der Waals surface area contributed by atoms with Gasteiger partial charge < -0.3 is 15.5 Å². The molecule has 1 fully saturated rings. The van der Waals surface area contributed by atoms with Crippen LogP contribution in [-0.4, -0.2) is 74.0 Å². The molecule has 27 heavy (non-hydrogen) atoms. The van der Waals surface area contributed by atoms with Gasteiger partial charge in [0.25, 0.3) is 0 Å². The Morgan fingerprint density at radius 2 is 1.85 bits per heavy atom. The second-order valence-corrected chi connectivity index (χ2v) is 6.62. The fourth-order valence-electron chi connectivity index (χ4n) is 2.94. The van der Waals surface area contributed by atoms with Crippen LogP contribution in [0.4, 0.5) is 0 Å². The molecule has 0 radical (unpaired) electrons. The molecule has 6 nitrogen and oxygen atoms in total. The van der Waals surface area contributed by atoms with Crippen molar-refractivity contribution in [3.8, 4) is 0 Å². The van der Waals surface area contributed by atoms with Gasteiger partial charge in [0.15, 0.2) is 5.96 Å². The molecule has 0 saturated carbocycles. The fraction of sp³-hybridized carbons (Fsp3) is 0.524. The molecule has 148 valence electrons. The summed E-state index contributed by atoms with van der Waals surface area (Å²) in [4.78, 5) is 21.0. The number of nitrogens with one attached hydrogen (secondary N) is 2. The summed E-state index contributed by atoms with van der Waals surface area (Å²) in [6, 6.07) is 10.4. The van der Waals surface area contributed by atoms with Gasteiger partial charge in [-0.15, -0.1) is 0 Å². The average Bonchev–Trinajstić information content (AvgIpc) is 2.71. The Balaban J connectivity index is 1.78. The minimum absolute atomic E-state index is 0.0167. The summed E-state index contributed by atoms with van der Waals surface area (Å²) in [5.41, 5.74) is 1.24. The van der Waals surface area contributed by atoms with E-state index in [1.807, 2.05) is 13.0 Å². The van der Waals surface area contributed by atoms with Gasteiger partial charge in [-0.2, -0.15) is 0 Å². The summed E-state index contributed by atoms with van der Waals surface area (Å²) >= 11 is 0. The molecule has 0 aliphatic carbocycles. The first-order valence-electron chi connectivity index (χ1n) is 9.96. The number of benzene rings is 1. The Labute approximate surface area is 163 Å². The maximum atomic E-state index is 11.8. The molecule has 1 amide bonds.